The standard InChI is InChI=1S/C23H30F3N7O5S3/c1-13(2)41(36,37)33-14(3)8-31(9-15(33)4)17-6-16(40(34,35)30-22(5)11-38-12-22)10-32-18(17)7-27-19(32)20-28-29-21(39-20)23(24,25)26/h6-7,10,13-15,30H,8-9,11-12H2,1-5H3/t14-,15-/m0/s1. The van der Waals surface area contributed by atoms with Crippen molar-refractivity contribution in [3.05, 3.63) is 23.5 Å². The molecule has 12 nitrogen and oxygen atoms in total. The maximum atomic E-state index is 13.5. The Labute approximate surface area is 239 Å². The van der Waals surface area contributed by atoms with E-state index in [9.17, 15) is 30.0 Å². The van der Waals surface area contributed by atoms with Gasteiger partial charge >= 0.3 is 6.18 Å². The highest BCUT2D eigenvalue weighted by Crippen LogP contribution is 2.37. The van der Waals surface area contributed by atoms with Crippen LogP contribution in [0.4, 0.5) is 18.9 Å². The molecule has 5 heterocycles. The topological polar surface area (TPSA) is 139 Å². The number of hydrogen-bond acceptors (Lipinski definition) is 10. The minimum absolute atomic E-state index is 0.00777. The van der Waals surface area contributed by atoms with E-state index in [-0.39, 0.29) is 42.0 Å². The SMILES string of the molecule is CC(C)S(=O)(=O)N1[C@@H](C)CN(c2cc(S(=O)(=O)NC3(C)COC3)cn3c(-c4nnc(C(F)(F)F)s4)ncc23)C[C@@H]1C. The molecule has 0 radical (unpaired) electrons. The predicted octanol–water partition coefficient (Wildman–Crippen LogP) is 2.58. The maximum absolute atomic E-state index is 13.5. The Morgan fingerprint density at radius 1 is 1.12 bits per heavy atom. The summed E-state index contributed by atoms with van der Waals surface area (Å²) in [4.78, 5) is 6.02. The molecule has 0 saturated carbocycles. The van der Waals surface area contributed by atoms with Crippen molar-refractivity contribution in [1.29, 1.82) is 0 Å². The fourth-order valence-corrected chi connectivity index (χ4v) is 8.86. The molecule has 2 aliphatic rings. The number of hydrogen-bond donors (Lipinski definition) is 1. The van der Waals surface area contributed by atoms with Gasteiger partial charge in [0.15, 0.2) is 10.8 Å². The Bertz CT molecular complexity index is 1670. The molecule has 0 amide bonds. The van der Waals surface area contributed by atoms with Gasteiger partial charge in [-0.3, -0.25) is 4.40 Å². The maximum Gasteiger partial charge on any atom is 0.445 e. The second-order valence-electron chi connectivity index (χ2n) is 11.0. The van der Waals surface area contributed by atoms with E-state index in [1.165, 1.54) is 27.2 Å². The van der Waals surface area contributed by atoms with E-state index in [2.05, 4.69) is 19.9 Å². The molecule has 0 unspecified atom stereocenters. The number of aromatic nitrogens is 4. The zero-order valence-corrected chi connectivity index (χ0v) is 25.3. The van der Waals surface area contributed by atoms with Gasteiger partial charge in [-0.1, -0.05) is 11.3 Å². The summed E-state index contributed by atoms with van der Waals surface area (Å²) < 4.78 is 104. The number of fused-ring (bicyclic) bond motifs is 1. The molecule has 41 heavy (non-hydrogen) atoms. The lowest BCUT2D eigenvalue weighted by molar-refractivity contribution is -0.138. The number of sulfonamides is 2. The first-order chi connectivity index (χ1) is 18.9. The number of ether oxygens (including phenoxy) is 1. The summed E-state index contributed by atoms with van der Waals surface area (Å²) in [6, 6.07) is 0.574. The summed E-state index contributed by atoms with van der Waals surface area (Å²) in [6.07, 6.45) is -1.99. The highest BCUT2D eigenvalue weighted by molar-refractivity contribution is 7.90. The van der Waals surface area contributed by atoms with Crippen molar-refractivity contribution in [2.24, 2.45) is 0 Å². The molecule has 0 bridgehead atoms. The number of rotatable bonds is 7. The van der Waals surface area contributed by atoms with E-state index in [1.54, 1.807) is 34.6 Å². The number of nitrogens with zero attached hydrogens (tertiary/aromatic N) is 6. The van der Waals surface area contributed by atoms with Crippen LogP contribution in [0.5, 0.6) is 0 Å². The van der Waals surface area contributed by atoms with Crippen LogP contribution >= 0.6 is 11.3 Å². The normalized spacial score (nSPS) is 22.4. The van der Waals surface area contributed by atoms with E-state index in [0.717, 1.165) is 0 Å². The van der Waals surface area contributed by atoms with Crippen LogP contribution in [0.3, 0.4) is 0 Å². The minimum atomic E-state index is -4.70. The molecule has 2 atom stereocenters. The third-order valence-corrected chi connectivity index (χ3v) is 12.1. The molecule has 1 N–H and O–H groups in total. The van der Waals surface area contributed by atoms with Crippen molar-refractivity contribution in [2.45, 2.75) is 68.6 Å². The molecule has 0 aliphatic carbocycles. The summed E-state index contributed by atoms with van der Waals surface area (Å²) in [5, 5.41) is 4.99. The van der Waals surface area contributed by atoms with E-state index >= 15 is 0 Å². The Balaban J connectivity index is 1.63. The number of pyridine rings is 1. The molecule has 3 aromatic heterocycles. The minimum Gasteiger partial charge on any atom is -0.377 e. The summed E-state index contributed by atoms with van der Waals surface area (Å²) >= 11 is 0.297. The second-order valence-corrected chi connectivity index (χ2v) is 16.0. The first-order valence-corrected chi connectivity index (χ1v) is 16.5. The highest BCUT2D eigenvalue weighted by Gasteiger charge is 2.41. The molecular weight excluding hydrogens is 607 g/mol. The van der Waals surface area contributed by atoms with E-state index in [1.807, 2.05) is 4.90 Å². The van der Waals surface area contributed by atoms with Gasteiger partial charge in [-0.2, -0.15) is 17.5 Å². The first kappa shape index (κ1) is 30.1. The largest absolute Gasteiger partial charge is 0.445 e. The van der Waals surface area contributed by atoms with Crippen LogP contribution in [0, 0.1) is 0 Å². The quantitative estimate of drug-likeness (QED) is 0.414. The van der Waals surface area contributed by atoms with Crippen LogP contribution in [-0.4, -0.2) is 89.9 Å². The Morgan fingerprint density at radius 2 is 1.76 bits per heavy atom. The van der Waals surface area contributed by atoms with Gasteiger partial charge in [-0.15, -0.1) is 10.2 Å². The molecule has 18 heteroatoms. The summed E-state index contributed by atoms with van der Waals surface area (Å²) in [5.74, 6) is -0.00777. The van der Waals surface area contributed by atoms with Gasteiger partial charge in [0.25, 0.3) is 0 Å². The van der Waals surface area contributed by atoms with Crippen molar-refractivity contribution in [1.82, 2.24) is 28.6 Å². The van der Waals surface area contributed by atoms with Gasteiger partial charge in [-0.25, -0.2) is 26.5 Å². The highest BCUT2D eigenvalue weighted by atomic mass is 32.2. The molecular formula is C23H30F3N7O5S3. The van der Waals surface area contributed by atoms with Crippen molar-refractivity contribution in [3.8, 4) is 10.8 Å². The predicted molar refractivity (Wildman–Crippen MR) is 146 cm³/mol. The first-order valence-electron chi connectivity index (χ1n) is 12.7. The smallest absolute Gasteiger partial charge is 0.377 e. The lowest BCUT2D eigenvalue weighted by atomic mass is 10.0. The van der Waals surface area contributed by atoms with Crippen LogP contribution in [0.25, 0.3) is 16.3 Å². The Hall–Kier alpha value is -2.38. The van der Waals surface area contributed by atoms with Gasteiger partial charge in [-0.05, 0) is 40.7 Å². The lowest BCUT2D eigenvalue weighted by Crippen LogP contribution is -2.60. The van der Waals surface area contributed by atoms with Gasteiger partial charge < -0.3 is 9.64 Å². The third-order valence-electron chi connectivity index (χ3n) is 7.05. The van der Waals surface area contributed by atoms with Crippen molar-refractivity contribution >= 4 is 42.6 Å². The molecule has 2 aliphatic heterocycles. The second kappa shape index (κ2) is 10.1. The lowest BCUT2D eigenvalue weighted by Gasteiger charge is -2.45. The molecule has 3 aromatic rings. The zero-order valence-electron chi connectivity index (χ0n) is 22.9. The average molecular weight is 638 g/mol. The van der Waals surface area contributed by atoms with Crippen molar-refractivity contribution < 1.29 is 34.7 Å². The van der Waals surface area contributed by atoms with Crippen molar-refractivity contribution in [2.75, 3.05) is 31.2 Å². The Morgan fingerprint density at radius 3 is 2.27 bits per heavy atom. The number of halogens is 3. The van der Waals surface area contributed by atoms with Crippen LogP contribution in [0.1, 0.15) is 39.6 Å². The molecule has 2 saturated heterocycles. The number of alkyl halides is 3. The van der Waals surface area contributed by atoms with E-state index in [4.69, 9.17) is 4.74 Å². The number of piperazine rings is 1. The molecule has 0 spiro atoms. The fraction of sp³-hybridized carbons (Fsp3) is 0.609. The zero-order chi connectivity index (χ0) is 30.1. The number of imidazole rings is 1. The molecule has 2 fully saturated rings. The van der Waals surface area contributed by atoms with E-state index < -0.39 is 54.1 Å². The van der Waals surface area contributed by atoms with Crippen LogP contribution in [0.2, 0.25) is 0 Å². The van der Waals surface area contributed by atoms with E-state index in [0.29, 0.717) is 22.5 Å². The summed E-state index contributed by atoms with van der Waals surface area (Å²) in [6.45, 7) is 9.35. The average Bonchev–Trinajstić information content (AvgIpc) is 3.48. The van der Waals surface area contributed by atoms with Gasteiger partial charge in [0, 0.05) is 31.4 Å². The van der Waals surface area contributed by atoms with Crippen LogP contribution in [0.15, 0.2) is 23.4 Å². The van der Waals surface area contributed by atoms with Crippen LogP contribution < -0.4 is 9.62 Å². The summed E-state index contributed by atoms with van der Waals surface area (Å²) in [7, 11) is -7.69. The third kappa shape index (κ3) is 5.45. The van der Waals surface area contributed by atoms with Gasteiger partial charge in [0.2, 0.25) is 25.1 Å². The van der Waals surface area contributed by atoms with Crippen molar-refractivity contribution in [3.63, 3.8) is 0 Å². The fourth-order valence-electron chi connectivity index (χ4n) is 5.14. The van der Waals surface area contributed by atoms with Gasteiger partial charge in [0.1, 0.15) is 4.90 Å². The summed E-state index contributed by atoms with van der Waals surface area (Å²) in [5.41, 5.74) is 0.0369. The molecule has 5 rings (SSSR count). The number of nitrogens with one attached hydrogen (secondary N) is 1. The van der Waals surface area contributed by atoms with Crippen LogP contribution in [-0.2, 0) is 31.0 Å². The number of anilines is 1. The molecule has 0 aromatic carbocycles. The Kier molecular flexibility index (Phi) is 7.42. The van der Waals surface area contributed by atoms with Gasteiger partial charge in [0.05, 0.1) is 41.4 Å². The molecule has 226 valence electrons. The monoisotopic (exact) mass is 637 g/mol.